The number of benzene rings is 1. The Hall–Kier alpha value is -1.83. The van der Waals surface area contributed by atoms with Gasteiger partial charge in [-0.25, -0.2) is 4.98 Å². The van der Waals surface area contributed by atoms with Gasteiger partial charge in [-0.2, -0.15) is 5.26 Å². The molecule has 21 heavy (non-hydrogen) atoms. The highest BCUT2D eigenvalue weighted by Crippen LogP contribution is 2.20. The first-order chi connectivity index (χ1) is 9.92. The van der Waals surface area contributed by atoms with Crippen LogP contribution in [0.3, 0.4) is 0 Å². The van der Waals surface area contributed by atoms with E-state index in [1.54, 1.807) is 22.8 Å². The Morgan fingerprint density at radius 1 is 1.33 bits per heavy atom. The van der Waals surface area contributed by atoms with Crippen molar-refractivity contribution in [1.82, 2.24) is 9.55 Å². The number of nitriles is 1. The molecule has 0 saturated heterocycles. The Morgan fingerprint density at radius 2 is 2.05 bits per heavy atom. The zero-order chi connectivity index (χ0) is 15.6. The number of nitrogens with zero attached hydrogens (tertiary/aromatic N) is 3. The van der Waals surface area contributed by atoms with Crippen LogP contribution in [-0.4, -0.2) is 9.55 Å². The van der Waals surface area contributed by atoms with E-state index in [4.69, 9.17) is 28.5 Å². The van der Waals surface area contributed by atoms with Gasteiger partial charge in [-0.3, -0.25) is 9.36 Å². The fourth-order valence-corrected chi connectivity index (χ4v) is 2.43. The molecule has 1 aromatic carbocycles. The second-order valence-electron chi connectivity index (χ2n) is 4.93. The minimum Gasteiger partial charge on any atom is -0.292 e. The lowest BCUT2D eigenvalue weighted by Crippen LogP contribution is -2.26. The molecule has 0 amide bonds. The smallest absolute Gasteiger partial charge is 0.255 e. The maximum absolute atomic E-state index is 12.1. The first-order valence-electron chi connectivity index (χ1n) is 6.38. The van der Waals surface area contributed by atoms with E-state index < -0.39 is 0 Å². The average molecular weight is 322 g/mol. The van der Waals surface area contributed by atoms with Crippen LogP contribution in [0, 0.1) is 11.3 Å². The Labute approximate surface area is 132 Å². The fraction of sp³-hybridized carbons (Fsp3) is 0.267. The van der Waals surface area contributed by atoms with E-state index in [1.807, 2.05) is 19.9 Å². The van der Waals surface area contributed by atoms with E-state index >= 15 is 0 Å². The van der Waals surface area contributed by atoms with E-state index in [0.717, 1.165) is 5.56 Å². The zero-order valence-electron chi connectivity index (χ0n) is 11.6. The highest BCUT2D eigenvalue weighted by Gasteiger charge is 2.13. The summed E-state index contributed by atoms with van der Waals surface area (Å²) in [5, 5.41) is 9.48. The van der Waals surface area contributed by atoms with Crippen molar-refractivity contribution in [1.29, 1.82) is 5.26 Å². The first-order valence-corrected chi connectivity index (χ1v) is 7.13. The molecule has 0 radical (unpaired) electrons. The summed E-state index contributed by atoms with van der Waals surface area (Å²) in [7, 11) is 0. The molecule has 2 aromatic rings. The molecule has 0 saturated carbocycles. The summed E-state index contributed by atoms with van der Waals surface area (Å²) in [4.78, 5) is 16.4. The van der Waals surface area contributed by atoms with E-state index in [0.29, 0.717) is 23.0 Å². The largest absolute Gasteiger partial charge is 0.292 e. The molecule has 2 rings (SSSR count). The Balaban J connectivity index is 2.50. The molecule has 0 atom stereocenters. The van der Waals surface area contributed by atoms with E-state index in [2.05, 4.69) is 4.98 Å². The molecule has 108 valence electrons. The third-order valence-electron chi connectivity index (χ3n) is 3.03. The lowest BCUT2D eigenvalue weighted by Gasteiger charge is -2.15. The molecule has 1 aromatic heterocycles. The van der Waals surface area contributed by atoms with E-state index in [-0.39, 0.29) is 16.6 Å². The van der Waals surface area contributed by atoms with Gasteiger partial charge in [-0.15, -0.1) is 0 Å². The van der Waals surface area contributed by atoms with Crippen LogP contribution in [-0.2, 0) is 6.54 Å². The molecule has 0 bridgehead atoms. The van der Waals surface area contributed by atoms with Crippen LogP contribution in [0.4, 0.5) is 0 Å². The maximum Gasteiger partial charge on any atom is 0.255 e. The molecule has 6 heteroatoms. The van der Waals surface area contributed by atoms with E-state index in [1.165, 1.54) is 6.07 Å². The van der Waals surface area contributed by atoms with Crippen molar-refractivity contribution in [3.63, 3.8) is 0 Å². The average Bonchev–Trinajstić information content (AvgIpc) is 2.42. The molecule has 0 aliphatic carbocycles. The summed E-state index contributed by atoms with van der Waals surface area (Å²) >= 11 is 12.0. The van der Waals surface area contributed by atoms with Gasteiger partial charge >= 0.3 is 0 Å². The highest BCUT2D eigenvalue weighted by molar-refractivity contribution is 6.31. The molecule has 0 unspecified atom stereocenters. The van der Waals surface area contributed by atoms with Crippen LogP contribution in [0.5, 0.6) is 0 Å². The van der Waals surface area contributed by atoms with Crippen molar-refractivity contribution in [2.45, 2.75) is 26.3 Å². The third-order valence-corrected chi connectivity index (χ3v) is 3.58. The summed E-state index contributed by atoms with van der Waals surface area (Å²) in [5.41, 5.74) is 1.01. The molecule has 4 nitrogen and oxygen atoms in total. The van der Waals surface area contributed by atoms with Crippen LogP contribution >= 0.6 is 23.2 Å². The summed E-state index contributed by atoms with van der Waals surface area (Å²) < 4.78 is 1.55. The second kappa shape index (κ2) is 6.30. The number of aromatic nitrogens is 2. The molecular formula is C15H13Cl2N3O. The number of hydrogen-bond acceptors (Lipinski definition) is 3. The summed E-state index contributed by atoms with van der Waals surface area (Å²) in [6.07, 6.45) is 0. The molecule has 0 N–H and O–H groups in total. The van der Waals surface area contributed by atoms with Gasteiger partial charge < -0.3 is 0 Å². The Morgan fingerprint density at radius 3 is 2.62 bits per heavy atom. The van der Waals surface area contributed by atoms with Crippen LogP contribution < -0.4 is 5.56 Å². The van der Waals surface area contributed by atoms with Gasteiger partial charge in [0.05, 0.1) is 18.2 Å². The molecule has 0 aliphatic heterocycles. The molecule has 0 spiro atoms. The Kier molecular flexibility index (Phi) is 4.66. The third kappa shape index (κ3) is 3.44. The number of hydrogen-bond donors (Lipinski definition) is 0. The number of halogens is 2. The van der Waals surface area contributed by atoms with Gasteiger partial charge in [-0.05, 0) is 17.7 Å². The highest BCUT2D eigenvalue weighted by atomic mass is 35.5. The van der Waals surface area contributed by atoms with Gasteiger partial charge in [0, 0.05) is 17.0 Å². The predicted molar refractivity (Wildman–Crippen MR) is 82.9 cm³/mol. The fourth-order valence-electron chi connectivity index (χ4n) is 2.01. The summed E-state index contributed by atoms with van der Waals surface area (Å²) in [5.74, 6) is 0.654. The summed E-state index contributed by atoms with van der Waals surface area (Å²) in [6.45, 7) is 4.17. The van der Waals surface area contributed by atoms with Crippen LogP contribution in [0.2, 0.25) is 10.2 Å². The van der Waals surface area contributed by atoms with Crippen LogP contribution in [0.15, 0.2) is 29.1 Å². The van der Waals surface area contributed by atoms with Gasteiger partial charge in [-0.1, -0.05) is 43.1 Å². The van der Waals surface area contributed by atoms with Crippen LogP contribution in [0.1, 0.15) is 36.7 Å². The van der Waals surface area contributed by atoms with Crippen molar-refractivity contribution in [2.24, 2.45) is 0 Å². The predicted octanol–water partition coefficient (Wildman–Crippen LogP) is 3.59. The zero-order valence-corrected chi connectivity index (χ0v) is 13.1. The van der Waals surface area contributed by atoms with Crippen molar-refractivity contribution in [3.05, 3.63) is 61.7 Å². The van der Waals surface area contributed by atoms with Crippen molar-refractivity contribution >= 4 is 23.2 Å². The van der Waals surface area contributed by atoms with E-state index in [9.17, 15) is 4.79 Å². The minimum absolute atomic E-state index is 0.0496. The monoisotopic (exact) mass is 321 g/mol. The molecule has 0 fully saturated rings. The topological polar surface area (TPSA) is 58.7 Å². The molecule has 0 aliphatic rings. The summed E-state index contributed by atoms with van der Waals surface area (Å²) in [6, 6.07) is 8.30. The van der Waals surface area contributed by atoms with Crippen molar-refractivity contribution < 1.29 is 0 Å². The van der Waals surface area contributed by atoms with Gasteiger partial charge in [0.15, 0.2) is 0 Å². The van der Waals surface area contributed by atoms with Gasteiger partial charge in [0.25, 0.3) is 5.56 Å². The molecular weight excluding hydrogens is 309 g/mol. The Bertz CT molecular complexity index is 775. The standard InChI is InChI=1S/C15H13Cl2N3O/c1-9(2)15-19-13(17)6-14(21)20(15)8-11-4-3-10(7-18)5-12(11)16/h3-6,9H,8H2,1-2H3. The SMILES string of the molecule is CC(C)c1nc(Cl)cc(=O)n1Cc1ccc(C#N)cc1Cl. The van der Waals surface area contributed by atoms with Crippen molar-refractivity contribution in [3.8, 4) is 6.07 Å². The van der Waals surface area contributed by atoms with Gasteiger partial charge in [0.2, 0.25) is 0 Å². The maximum atomic E-state index is 12.1. The van der Waals surface area contributed by atoms with Crippen LogP contribution in [0.25, 0.3) is 0 Å². The lowest BCUT2D eigenvalue weighted by molar-refractivity contribution is 0.625. The normalized spacial score (nSPS) is 10.7. The number of rotatable bonds is 3. The lowest BCUT2D eigenvalue weighted by atomic mass is 10.1. The first kappa shape index (κ1) is 15.6. The van der Waals surface area contributed by atoms with Crippen molar-refractivity contribution in [2.75, 3.05) is 0 Å². The van der Waals surface area contributed by atoms with Gasteiger partial charge in [0.1, 0.15) is 11.0 Å². The minimum atomic E-state index is -0.223. The molecule has 1 heterocycles. The second-order valence-corrected chi connectivity index (χ2v) is 5.73. The quantitative estimate of drug-likeness (QED) is 0.811.